The van der Waals surface area contributed by atoms with Gasteiger partial charge in [-0.05, 0) is 39.8 Å². The highest BCUT2D eigenvalue weighted by atomic mass is 16.5. The number of methoxy groups -OCH3 is 1. The van der Waals surface area contributed by atoms with Gasteiger partial charge in [-0.2, -0.15) is 0 Å². The number of pyridine rings is 1. The molecule has 0 aliphatic heterocycles. The molecule has 0 saturated heterocycles. The number of nitrogens with zero attached hydrogens (tertiary/aromatic N) is 2. The average molecular weight is 294 g/mol. The van der Waals surface area contributed by atoms with Gasteiger partial charge in [0.15, 0.2) is 5.69 Å². The first-order chi connectivity index (χ1) is 9.86. The maximum atomic E-state index is 11.5. The molecule has 1 aromatic rings. The van der Waals surface area contributed by atoms with E-state index < -0.39 is 5.97 Å². The van der Waals surface area contributed by atoms with Crippen LogP contribution in [-0.2, 0) is 4.74 Å². The lowest BCUT2D eigenvalue weighted by molar-refractivity contribution is 0.0594. The monoisotopic (exact) mass is 294 g/mol. The summed E-state index contributed by atoms with van der Waals surface area (Å²) in [7, 11) is 1.33. The number of nitrogen functional groups attached to an aromatic ring is 1. The quantitative estimate of drug-likeness (QED) is 0.749. The molecular weight excluding hydrogens is 268 g/mol. The van der Waals surface area contributed by atoms with E-state index in [1.807, 2.05) is 0 Å². The minimum absolute atomic E-state index is 0.249. The van der Waals surface area contributed by atoms with Crippen molar-refractivity contribution in [2.24, 2.45) is 0 Å². The maximum absolute atomic E-state index is 11.5. The Morgan fingerprint density at radius 1 is 1.33 bits per heavy atom. The van der Waals surface area contributed by atoms with Crippen molar-refractivity contribution in [3.8, 4) is 0 Å². The lowest BCUT2D eigenvalue weighted by Gasteiger charge is -2.30. The van der Waals surface area contributed by atoms with Crippen LogP contribution < -0.4 is 11.1 Å². The Morgan fingerprint density at radius 2 is 1.95 bits per heavy atom. The number of hydrogen-bond donors (Lipinski definition) is 2. The smallest absolute Gasteiger partial charge is 0.356 e. The Balaban J connectivity index is 2.68. The van der Waals surface area contributed by atoms with E-state index in [-0.39, 0.29) is 5.69 Å². The predicted octanol–water partition coefficient (Wildman–Crippen LogP) is 1.98. The van der Waals surface area contributed by atoms with Crippen LogP contribution in [-0.4, -0.2) is 48.1 Å². The van der Waals surface area contributed by atoms with Crippen LogP contribution in [0.2, 0.25) is 0 Å². The van der Waals surface area contributed by atoms with Crippen LogP contribution in [0.4, 0.5) is 11.5 Å². The zero-order valence-corrected chi connectivity index (χ0v) is 13.5. The summed E-state index contributed by atoms with van der Waals surface area (Å²) >= 11 is 0. The molecule has 0 spiro atoms. The molecule has 0 radical (unpaired) electrons. The van der Waals surface area contributed by atoms with Gasteiger partial charge in [-0.25, -0.2) is 9.78 Å². The van der Waals surface area contributed by atoms with Crippen molar-refractivity contribution in [2.45, 2.75) is 39.8 Å². The lowest BCUT2D eigenvalue weighted by Crippen LogP contribution is -2.40. The first-order valence-electron chi connectivity index (χ1n) is 7.21. The van der Waals surface area contributed by atoms with Crippen LogP contribution in [0.25, 0.3) is 0 Å². The number of aromatic nitrogens is 1. The Kier molecular flexibility index (Phi) is 6.42. The third-order valence-electron chi connectivity index (χ3n) is 3.31. The highest BCUT2D eigenvalue weighted by molar-refractivity contribution is 5.88. The topological polar surface area (TPSA) is 80.5 Å². The summed E-state index contributed by atoms with van der Waals surface area (Å²) in [6.07, 6.45) is 0. The van der Waals surface area contributed by atoms with Crippen LogP contribution in [0.1, 0.15) is 38.2 Å². The number of carbonyl (C=O) groups excluding carboxylic acids is 1. The Bertz CT molecular complexity index is 467. The number of hydrogen-bond acceptors (Lipinski definition) is 6. The molecule has 0 aliphatic rings. The molecule has 3 N–H and O–H groups in total. The van der Waals surface area contributed by atoms with Gasteiger partial charge in [-0.1, -0.05) is 0 Å². The molecule has 0 aliphatic carbocycles. The number of nitrogens with one attached hydrogen (secondary N) is 1. The van der Waals surface area contributed by atoms with Gasteiger partial charge < -0.3 is 15.8 Å². The molecule has 1 aromatic heterocycles. The Labute approximate surface area is 126 Å². The van der Waals surface area contributed by atoms with Gasteiger partial charge >= 0.3 is 5.97 Å². The van der Waals surface area contributed by atoms with E-state index in [1.165, 1.54) is 7.11 Å². The van der Waals surface area contributed by atoms with Gasteiger partial charge in [-0.3, -0.25) is 4.90 Å². The molecule has 0 atom stereocenters. The minimum atomic E-state index is -0.468. The molecule has 6 nitrogen and oxygen atoms in total. The van der Waals surface area contributed by atoms with Crippen molar-refractivity contribution >= 4 is 17.5 Å². The van der Waals surface area contributed by atoms with Gasteiger partial charge in [0.05, 0.1) is 12.8 Å². The molecule has 1 rings (SSSR count). The fourth-order valence-electron chi connectivity index (χ4n) is 2.25. The molecule has 0 fully saturated rings. The third-order valence-corrected chi connectivity index (χ3v) is 3.31. The van der Waals surface area contributed by atoms with Crippen LogP contribution >= 0.6 is 0 Å². The largest absolute Gasteiger partial charge is 0.464 e. The summed E-state index contributed by atoms with van der Waals surface area (Å²) in [5.41, 5.74) is 6.64. The number of ether oxygens (including phenoxy) is 1. The summed E-state index contributed by atoms with van der Waals surface area (Å²) in [5.74, 6) is 0.0504. The zero-order chi connectivity index (χ0) is 16.0. The molecule has 0 amide bonds. The fourth-order valence-corrected chi connectivity index (χ4v) is 2.25. The summed E-state index contributed by atoms with van der Waals surface area (Å²) < 4.78 is 4.66. The van der Waals surface area contributed by atoms with Crippen molar-refractivity contribution in [3.63, 3.8) is 0 Å². The lowest BCUT2D eigenvalue weighted by atomic mass is 10.2. The van der Waals surface area contributed by atoms with Crippen LogP contribution in [0.15, 0.2) is 12.1 Å². The van der Waals surface area contributed by atoms with Crippen LogP contribution in [0, 0.1) is 0 Å². The molecule has 0 bridgehead atoms. The second-order valence-corrected chi connectivity index (χ2v) is 5.48. The van der Waals surface area contributed by atoms with Gasteiger partial charge in [0.2, 0.25) is 0 Å². The SMILES string of the molecule is COC(=O)c1ccc(N)c(NCCN(C(C)C)C(C)C)n1. The van der Waals surface area contributed by atoms with Crippen LogP contribution in [0.3, 0.4) is 0 Å². The number of rotatable bonds is 7. The maximum Gasteiger partial charge on any atom is 0.356 e. The van der Waals surface area contributed by atoms with Crippen molar-refractivity contribution in [1.29, 1.82) is 0 Å². The molecule has 21 heavy (non-hydrogen) atoms. The number of carbonyl (C=O) groups is 1. The van der Waals surface area contributed by atoms with Gasteiger partial charge in [0.25, 0.3) is 0 Å². The second kappa shape index (κ2) is 7.83. The first kappa shape index (κ1) is 17.2. The molecule has 118 valence electrons. The third kappa shape index (κ3) is 4.90. The number of anilines is 2. The molecule has 6 heteroatoms. The summed E-state index contributed by atoms with van der Waals surface area (Å²) in [4.78, 5) is 18.0. The van der Waals surface area contributed by atoms with E-state index in [4.69, 9.17) is 5.73 Å². The molecule has 0 saturated carbocycles. The van der Waals surface area contributed by atoms with Crippen molar-refractivity contribution < 1.29 is 9.53 Å². The minimum Gasteiger partial charge on any atom is -0.464 e. The number of esters is 1. The highest BCUT2D eigenvalue weighted by Gasteiger charge is 2.14. The Hall–Kier alpha value is -1.82. The first-order valence-corrected chi connectivity index (χ1v) is 7.21. The van der Waals surface area contributed by atoms with Gasteiger partial charge in [0.1, 0.15) is 5.82 Å². The van der Waals surface area contributed by atoms with Crippen molar-refractivity contribution in [3.05, 3.63) is 17.8 Å². The van der Waals surface area contributed by atoms with E-state index in [0.717, 1.165) is 6.54 Å². The van der Waals surface area contributed by atoms with E-state index in [0.29, 0.717) is 30.1 Å². The fraction of sp³-hybridized carbons (Fsp3) is 0.600. The molecule has 0 unspecified atom stereocenters. The average Bonchev–Trinajstić information content (AvgIpc) is 2.43. The van der Waals surface area contributed by atoms with Gasteiger partial charge in [0, 0.05) is 25.2 Å². The van der Waals surface area contributed by atoms with Gasteiger partial charge in [-0.15, -0.1) is 0 Å². The summed E-state index contributed by atoms with van der Waals surface area (Å²) in [5, 5.41) is 3.19. The van der Waals surface area contributed by atoms with E-state index in [1.54, 1.807) is 12.1 Å². The van der Waals surface area contributed by atoms with E-state index >= 15 is 0 Å². The van der Waals surface area contributed by atoms with Crippen molar-refractivity contribution in [2.75, 3.05) is 31.2 Å². The second-order valence-electron chi connectivity index (χ2n) is 5.48. The highest BCUT2D eigenvalue weighted by Crippen LogP contribution is 2.16. The standard InChI is InChI=1S/C15H26N4O2/c1-10(2)19(11(3)4)9-8-17-14-12(16)6-7-13(18-14)15(20)21-5/h6-7,10-11H,8-9,16H2,1-5H3,(H,17,18). The van der Waals surface area contributed by atoms with Crippen LogP contribution in [0.5, 0.6) is 0 Å². The normalized spacial score (nSPS) is 11.2. The number of nitrogens with two attached hydrogens (primary N) is 1. The predicted molar refractivity (Wildman–Crippen MR) is 85.5 cm³/mol. The van der Waals surface area contributed by atoms with Crippen molar-refractivity contribution in [1.82, 2.24) is 9.88 Å². The summed E-state index contributed by atoms with van der Waals surface area (Å²) in [6.45, 7) is 10.3. The Morgan fingerprint density at radius 3 is 2.48 bits per heavy atom. The molecular formula is C15H26N4O2. The zero-order valence-electron chi connectivity index (χ0n) is 13.5. The van der Waals surface area contributed by atoms with E-state index in [2.05, 4.69) is 47.6 Å². The molecule has 0 aromatic carbocycles. The molecule has 1 heterocycles. The summed E-state index contributed by atoms with van der Waals surface area (Å²) in [6, 6.07) is 4.16. The van der Waals surface area contributed by atoms with E-state index in [9.17, 15) is 4.79 Å².